The third kappa shape index (κ3) is 2.94. The third-order valence-electron chi connectivity index (χ3n) is 3.82. The molecule has 0 saturated heterocycles. The second kappa shape index (κ2) is 5.15. The minimum atomic E-state index is -4.23. The second-order valence-electron chi connectivity index (χ2n) is 5.31. The third-order valence-corrected chi connectivity index (χ3v) is 3.82. The average molecular weight is 276 g/mol. The molecule has 2 unspecified atom stereocenters. The van der Waals surface area contributed by atoms with Gasteiger partial charge in [-0.1, -0.05) is 6.92 Å². The van der Waals surface area contributed by atoms with Gasteiger partial charge >= 0.3 is 6.18 Å². The summed E-state index contributed by atoms with van der Waals surface area (Å²) in [5.41, 5.74) is -0.882. The van der Waals surface area contributed by atoms with Crippen molar-refractivity contribution in [2.75, 3.05) is 0 Å². The van der Waals surface area contributed by atoms with Gasteiger partial charge in [-0.2, -0.15) is 18.3 Å². The molecule has 108 valence electrons. The predicted octanol–water partition coefficient (Wildman–Crippen LogP) is 3.23. The van der Waals surface area contributed by atoms with Crippen LogP contribution in [0.4, 0.5) is 13.2 Å². The first-order valence-electron chi connectivity index (χ1n) is 6.68. The van der Waals surface area contributed by atoms with E-state index in [0.717, 1.165) is 6.42 Å². The monoisotopic (exact) mass is 276 g/mol. The van der Waals surface area contributed by atoms with E-state index in [1.807, 2.05) is 6.92 Å². The summed E-state index contributed by atoms with van der Waals surface area (Å²) < 4.78 is 40.1. The van der Waals surface area contributed by atoms with Crippen molar-refractivity contribution in [1.82, 2.24) is 9.78 Å². The number of hydrogen-bond acceptors (Lipinski definition) is 2. The van der Waals surface area contributed by atoms with Crippen LogP contribution in [0.15, 0.2) is 12.3 Å². The fraction of sp³-hybridized carbons (Fsp3) is 0.769. The van der Waals surface area contributed by atoms with Crippen LogP contribution in [0.1, 0.15) is 44.7 Å². The molecule has 2 rings (SSSR count). The molecule has 1 heterocycles. The molecule has 1 saturated carbocycles. The standard InChI is InChI=1S/C13H19F3N2O/c1-2-8-18-11(5-7-17-18)12(19)6-3-4-10(9-12)13(14,15)16/h5,7,10,19H,2-4,6,8-9H2,1H3. The summed E-state index contributed by atoms with van der Waals surface area (Å²) in [6, 6.07) is 1.63. The number of halogens is 3. The molecule has 1 aromatic heterocycles. The Morgan fingerprint density at radius 3 is 2.89 bits per heavy atom. The van der Waals surface area contributed by atoms with Crippen LogP contribution in [0.5, 0.6) is 0 Å². The number of aryl methyl sites for hydroxylation is 1. The lowest BCUT2D eigenvalue weighted by Gasteiger charge is -2.37. The lowest BCUT2D eigenvalue weighted by atomic mass is 9.76. The van der Waals surface area contributed by atoms with Crippen molar-refractivity contribution in [3.05, 3.63) is 18.0 Å². The van der Waals surface area contributed by atoms with Crippen LogP contribution in [0, 0.1) is 5.92 Å². The van der Waals surface area contributed by atoms with Gasteiger partial charge in [0.1, 0.15) is 5.60 Å². The molecule has 19 heavy (non-hydrogen) atoms. The van der Waals surface area contributed by atoms with Gasteiger partial charge in [-0.05, 0) is 38.2 Å². The fourth-order valence-corrected chi connectivity index (χ4v) is 2.88. The molecule has 1 aliphatic rings. The molecule has 0 bridgehead atoms. The maximum Gasteiger partial charge on any atom is 0.391 e. The minimum absolute atomic E-state index is 0.105. The van der Waals surface area contributed by atoms with E-state index in [1.54, 1.807) is 16.9 Å². The van der Waals surface area contributed by atoms with Crippen LogP contribution in [-0.2, 0) is 12.1 Å². The van der Waals surface area contributed by atoms with E-state index >= 15 is 0 Å². The van der Waals surface area contributed by atoms with Crippen molar-refractivity contribution in [3.63, 3.8) is 0 Å². The minimum Gasteiger partial charge on any atom is -0.384 e. The number of nitrogens with zero attached hydrogens (tertiary/aromatic N) is 2. The van der Waals surface area contributed by atoms with Crippen LogP contribution in [0.3, 0.4) is 0 Å². The highest BCUT2D eigenvalue weighted by Gasteiger charge is 2.48. The van der Waals surface area contributed by atoms with Crippen LogP contribution in [0.2, 0.25) is 0 Å². The topological polar surface area (TPSA) is 38.0 Å². The molecule has 1 aliphatic carbocycles. The summed E-state index contributed by atoms with van der Waals surface area (Å²) in [6.07, 6.45) is -1.26. The van der Waals surface area contributed by atoms with Gasteiger partial charge in [-0.15, -0.1) is 0 Å². The second-order valence-corrected chi connectivity index (χ2v) is 5.31. The van der Waals surface area contributed by atoms with Crippen LogP contribution in [0.25, 0.3) is 0 Å². The first kappa shape index (κ1) is 14.4. The van der Waals surface area contributed by atoms with Crippen molar-refractivity contribution in [1.29, 1.82) is 0 Å². The van der Waals surface area contributed by atoms with E-state index in [9.17, 15) is 18.3 Å². The Hall–Kier alpha value is -1.04. The van der Waals surface area contributed by atoms with E-state index in [1.165, 1.54) is 0 Å². The van der Waals surface area contributed by atoms with E-state index in [0.29, 0.717) is 25.1 Å². The Morgan fingerprint density at radius 2 is 2.26 bits per heavy atom. The molecule has 0 radical (unpaired) electrons. The van der Waals surface area contributed by atoms with Crippen molar-refractivity contribution < 1.29 is 18.3 Å². The molecule has 0 spiro atoms. The Morgan fingerprint density at radius 1 is 1.53 bits per heavy atom. The lowest BCUT2D eigenvalue weighted by Crippen LogP contribution is -2.39. The number of aromatic nitrogens is 2. The van der Waals surface area contributed by atoms with E-state index in [-0.39, 0.29) is 12.8 Å². The fourth-order valence-electron chi connectivity index (χ4n) is 2.88. The summed E-state index contributed by atoms with van der Waals surface area (Å²) in [6.45, 7) is 2.58. The van der Waals surface area contributed by atoms with Gasteiger partial charge < -0.3 is 5.11 Å². The predicted molar refractivity (Wildman–Crippen MR) is 64.4 cm³/mol. The molecule has 3 nitrogen and oxygen atoms in total. The molecule has 0 aromatic carbocycles. The first-order valence-corrected chi connectivity index (χ1v) is 6.68. The lowest BCUT2D eigenvalue weighted by molar-refractivity contribution is -0.202. The highest BCUT2D eigenvalue weighted by Crippen LogP contribution is 2.45. The molecule has 0 aliphatic heterocycles. The molecule has 2 atom stereocenters. The van der Waals surface area contributed by atoms with Crippen molar-refractivity contribution >= 4 is 0 Å². The van der Waals surface area contributed by atoms with Gasteiger partial charge in [0.05, 0.1) is 11.6 Å². The normalized spacial score (nSPS) is 28.6. The maximum absolute atomic E-state index is 12.8. The number of alkyl halides is 3. The molecular formula is C13H19F3N2O. The maximum atomic E-state index is 12.8. The van der Waals surface area contributed by atoms with Crippen LogP contribution < -0.4 is 0 Å². The Balaban J connectivity index is 2.24. The smallest absolute Gasteiger partial charge is 0.384 e. The van der Waals surface area contributed by atoms with Crippen molar-refractivity contribution in [3.8, 4) is 0 Å². The quantitative estimate of drug-likeness (QED) is 0.920. The van der Waals surface area contributed by atoms with Gasteiger partial charge in [0, 0.05) is 12.7 Å². The van der Waals surface area contributed by atoms with Crippen molar-refractivity contribution in [2.45, 2.75) is 57.3 Å². The van der Waals surface area contributed by atoms with Crippen LogP contribution >= 0.6 is 0 Å². The van der Waals surface area contributed by atoms with E-state index in [2.05, 4.69) is 5.10 Å². The zero-order valence-corrected chi connectivity index (χ0v) is 11.0. The van der Waals surface area contributed by atoms with Gasteiger partial charge in [-0.25, -0.2) is 0 Å². The zero-order chi connectivity index (χ0) is 14.1. The highest BCUT2D eigenvalue weighted by molar-refractivity contribution is 5.13. The van der Waals surface area contributed by atoms with Gasteiger partial charge in [0.15, 0.2) is 0 Å². The molecular weight excluding hydrogens is 257 g/mol. The van der Waals surface area contributed by atoms with E-state index < -0.39 is 17.7 Å². The summed E-state index contributed by atoms with van der Waals surface area (Å²) in [4.78, 5) is 0. The van der Waals surface area contributed by atoms with E-state index in [4.69, 9.17) is 0 Å². The number of hydrogen-bond donors (Lipinski definition) is 1. The largest absolute Gasteiger partial charge is 0.391 e. The highest BCUT2D eigenvalue weighted by atomic mass is 19.4. The SMILES string of the molecule is CCCn1nccc1C1(O)CCCC(C(F)(F)F)C1. The van der Waals surface area contributed by atoms with Crippen molar-refractivity contribution in [2.24, 2.45) is 5.92 Å². The molecule has 0 amide bonds. The molecule has 1 aromatic rings. The Labute approximate surface area is 110 Å². The summed E-state index contributed by atoms with van der Waals surface area (Å²) in [7, 11) is 0. The van der Waals surface area contributed by atoms with Gasteiger partial charge in [-0.3, -0.25) is 4.68 Å². The van der Waals surface area contributed by atoms with Gasteiger partial charge in [0.2, 0.25) is 0 Å². The Kier molecular flexibility index (Phi) is 3.90. The van der Waals surface area contributed by atoms with Crippen LogP contribution in [-0.4, -0.2) is 21.1 Å². The zero-order valence-electron chi connectivity index (χ0n) is 11.0. The summed E-state index contributed by atoms with van der Waals surface area (Å²) in [5, 5.41) is 14.7. The molecule has 1 fully saturated rings. The number of aliphatic hydroxyl groups is 1. The summed E-state index contributed by atoms with van der Waals surface area (Å²) >= 11 is 0. The molecule has 6 heteroatoms. The van der Waals surface area contributed by atoms with Gasteiger partial charge in [0.25, 0.3) is 0 Å². The molecule has 1 N–H and O–H groups in total. The first-order chi connectivity index (χ1) is 8.87. The number of rotatable bonds is 3. The Bertz CT molecular complexity index is 430. The average Bonchev–Trinajstić information content (AvgIpc) is 2.77. The summed E-state index contributed by atoms with van der Waals surface area (Å²) in [5.74, 6) is -1.42.